The van der Waals surface area contributed by atoms with Gasteiger partial charge in [-0.25, -0.2) is 0 Å². The second-order valence-electron chi connectivity index (χ2n) is 7.70. The van der Waals surface area contributed by atoms with Crippen molar-refractivity contribution in [1.82, 2.24) is 0 Å². The molecule has 1 atom stereocenters. The Morgan fingerprint density at radius 3 is 2.10 bits per heavy atom. The molecule has 0 aliphatic carbocycles. The molecule has 0 radical (unpaired) electrons. The van der Waals surface area contributed by atoms with Gasteiger partial charge in [0, 0.05) is 6.42 Å². The van der Waals surface area contributed by atoms with Crippen molar-refractivity contribution < 1.29 is 9.84 Å². The SMILES string of the molecule is CC(O)CCOc1ccc(C(C)(C)C)cc1C(C)(C)C. The molecule has 1 unspecified atom stereocenters. The quantitative estimate of drug-likeness (QED) is 0.882. The number of hydrogen-bond donors (Lipinski definition) is 1. The molecular weight excluding hydrogens is 248 g/mol. The van der Waals surface area contributed by atoms with Crippen molar-refractivity contribution in [1.29, 1.82) is 0 Å². The number of benzene rings is 1. The van der Waals surface area contributed by atoms with E-state index in [4.69, 9.17) is 4.74 Å². The molecule has 0 aromatic heterocycles. The second kappa shape index (κ2) is 6.17. The molecule has 0 amide bonds. The molecule has 0 saturated carbocycles. The standard InChI is InChI=1S/C18H30O2/c1-13(19)10-11-20-16-9-8-14(17(2,3)4)12-15(16)18(5,6)7/h8-9,12-13,19H,10-11H2,1-7H3. The summed E-state index contributed by atoms with van der Waals surface area (Å²) in [5.74, 6) is 0.936. The zero-order valence-electron chi connectivity index (χ0n) is 14.1. The normalized spacial score (nSPS) is 14.2. The van der Waals surface area contributed by atoms with Gasteiger partial charge in [-0.2, -0.15) is 0 Å². The van der Waals surface area contributed by atoms with E-state index >= 15 is 0 Å². The highest BCUT2D eigenvalue weighted by Gasteiger charge is 2.23. The van der Waals surface area contributed by atoms with E-state index in [1.165, 1.54) is 11.1 Å². The third-order valence-electron chi connectivity index (χ3n) is 3.45. The van der Waals surface area contributed by atoms with Gasteiger partial charge in [-0.3, -0.25) is 0 Å². The predicted molar refractivity (Wildman–Crippen MR) is 85.6 cm³/mol. The Kier molecular flexibility index (Phi) is 5.26. The molecule has 2 heteroatoms. The molecule has 1 aromatic carbocycles. The van der Waals surface area contributed by atoms with Crippen molar-refractivity contribution in [2.45, 2.75) is 71.8 Å². The van der Waals surface area contributed by atoms with E-state index in [9.17, 15) is 5.11 Å². The van der Waals surface area contributed by atoms with Crippen LogP contribution in [0, 0.1) is 0 Å². The van der Waals surface area contributed by atoms with Gasteiger partial charge in [0.25, 0.3) is 0 Å². The van der Waals surface area contributed by atoms with Gasteiger partial charge in [0.2, 0.25) is 0 Å². The third-order valence-corrected chi connectivity index (χ3v) is 3.45. The molecule has 1 aromatic rings. The summed E-state index contributed by atoms with van der Waals surface area (Å²) in [6.07, 6.45) is 0.340. The van der Waals surface area contributed by atoms with Gasteiger partial charge in [-0.1, -0.05) is 53.7 Å². The van der Waals surface area contributed by atoms with Gasteiger partial charge >= 0.3 is 0 Å². The summed E-state index contributed by atoms with van der Waals surface area (Å²) in [7, 11) is 0. The van der Waals surface area contributed by atoms with Crippen LogP contribution in [-0.4, -0.2) is 17.8 Å². The Morgan fingerprint density at radius 1 is 1.05 bits per heavy atom. The number of aliphatic hydroxyl groups excluding tert-OH is 1. The fourth-order valence-corrected chi connectivity index (χ4v) is 2.05. The van der Waals surface area contributed by atoms with Crippen LogP contribution in [0.3, 0.4) is 0 Å². The summed E-state index contributed by atoms with van der Waals surface area (Å²) in [4.78, 5) is 0. The molecule has 0 heterocycles. The highest BCUT2D eigenvalue weighted by atomic mass is 16.5. The van der Waals surface area contributed by atoms with Gasteiger partial charge in [-0.05, 0) is 34.9 Å². The van der Waals surface area contributed by atoms with Gasteiger partial charge in [0.15, 0.2) is 0 Å². The molecule has 1 rings (SSSR count). The van der Waals surface area contributed by atoms with Crippen LogP contribution in [0.1, 0.15) is 66.0 Å². The van der Waals surface area contributed by atoms with Crippen molar-refractivity contribution in [2.75, 3.05) is 6.61 Å². The number of rotatable bonds is 4. The second-order valence-corrected chi connectivity index (χ2v) is 7.70. The lowest BCUT2D eigenvalue weighted by Crippen LogP contribution is -2.18. The van der Waals surface area contributed by atoms with E-state index < -0.39 is 0 Å². The van der Waals surface area contributed by atoms with Crippen LogP contribution in [0.2, 0.25) is 0 Å². The lowest BCUT2D eigenvalue weighted by atomic mass is 9.80. The molecule has 0 aliphatic heterocycles. The first-order chi connectivity index (χ1) is 9.01. The highest BCUT2D eigenvalue weighted by molar-refractivity contribution is 5.43. The molecule has 1 N–H and O–H groups in total. The van der Waals surface area contributed by atoms with Crippen molar-refractivity contribution in [2.24, 2.45) is 0 Å². The van der Waals surface area contributed by atoms with Crippen LogP contribution in [0.15, 0.2) is 18.2 Å². The molecule has 114 valence electrons. The first-order valence-corrected chi connectivity index (χ1v) is 7.47. The summed E-state index contributed by atoms with van der Waals surface area (Å²) in [5.41, 5.74) is 2.74. The first-order valence-electron chi connectivity index (χ1n) is 7.47. The van der Waals surface area contributed by atoms with Gasteiger partial charge in [-0.15, -0.1) is 0 Å². The molecule has 0 bridgehead atoms. The van der Waals surface area contributed by atoms with E-state index in [0.717, 1.165) is 5.75 Å². The first kappa shape index (κ1) is 17.0. The van der Waals surface area contributed by atoms with Crippen molar-refractivity contribution in [3.63, 3.8) is 0 Å². The van der Waals surface area contributed by atoms with Crippen LogP contribution < -0.4 is 4.74 Å². The molecule has 0 fully saturated rings. The lowest BCUT2D eigenvalue weighted by molar-refractivity contribution is 0.155. The smallest absolute Gasteiger partial charge is 0.123 e. The lowest BCUT2D eigenvalue weighted by Gasteiger charge is -2.27. The number of aliphatic hydroxyl groups is 1. The van der Waals surface area contributed by atoms with E-state index in [1.807, 2.05) is 0 Å². The average molecular weight is 278 g/mol. The highest BCUT2D eigenvalue weighted by Crippen LogP contribution is 2.35. The van der Waals surface area contributed by atoms with E-state index in [0.29, 0.717) is 13.0 Å². The minimum atomic E-state index is -0.318. The van der Waals surface area contributed by atoms with Crippen LogP contribution in [0.4, 0.5) is 0 Å². The zero-order valence-corrected chi connectivity index (χ0v) is 14.1. The topological polar surface area (TPSA) is 29.5 Å². The Labute approximate surface area is 124 Å². The Hall–Kier alpha value is -1.02. The van der Waals surface area contributed by atoms with Crippen molar-refractivity contribution in [3.05, 3.63) is 29.3 Å². The van der Waals surface area contributed by atoms with E-state index in [1.54, 1.807) is 6.92 Å². The summed E-state index contributed by atoms with van der Waals surface area (Å²) >= 11 is 0. The van der Waals surface area contributed by atoms with E-state index in [2.05, 4.69) is 59.7 Å². The summed E-state index contributed by atoms with van der Waals surface area (Å²) in [6.45, 7) is 15.6. The summed E-state index contributed by atoms with van der Waals surface area (Å²) < 4.78 is 5.88. The molecule has 0 spiro atoms. The van der Waals surface area contributed by atoms with Crippen LogP contribution in [0.25, 0.3) is 0 Å². The van der Waals surface area contributed by atoms with Gasteiger partial charge < -0.3 is 9.84 Å². The largest absolute Gasteiger partial charge is 0.493 e. The minimum absolute atomic E-state index is 0.0431. The average Bonchev–Trinajstić information content (AvgIpc) is 2.25. The number of ether oxygens (including phenoxy) is 1. The van der Waals surface area contributed by atoms with Crippen LogP contribution in [0.5, 0.6) is 5.75 Å². The van der Waals surface area contributed by atoms with Crippen molar-refractivity contribution >= 4 is 0 Å². The predicted octanol–water partition coefficient (Wildman–Crippen LogP) is 4.43. The fourth-order valence-electron chi connectivity index (χ4n) is 2.05. The van der Waals surface area contributed by atoms with Gasteiger partial charge in [0.1, 0.15) is 5.75 Å². The summed E-state index contributed by atoms with van der Waals surface area (Å²) in [5, 5.41) is 9.33. The van der Waals surface area contributed by atoms with Gasteiger partial charge in [0.05, 0.1) is 12.7 Å². The van der Waals surface area contributed by atoms with E-state index in [-0.39, 0.29) is 16.9 Å². The Bertz CT molecular complexity index is 434. The maximum Gasteiger partial charge on any atom is 0.123 e. The molecule has 0 aliphatic rings. The molecular formula is C18H30O2. The van der Waals surface area contributed by atoms with Crippen molar-refractivity contribution in [3.8, 4) is 5.75 Å². The maximum absolute atomic E-state index is 9.33. The van der Waals surface area contributed by atoms with Crippen LogP contribution >= 0.6 is 0 Å². The fraction of sp³-hybridized carbons (Fsp3) is 0.667. The molecule has 2 nitrogen and oxygen atoms in total. The monoisotopic (exact) mass is 278 g/mol. The molecule has 20 heavy (non-hydrogen) atoms. The minimum Gasteiger partial charge on any atom is -0.493 e. The Balaban J connectivity index is 3.05. The Morgan fingerprint density at radius 2 is 1.65 bits per heavy atom. The van der Waals surface area contributed by atoms with Crippen LogP contribution in [-0.2, 0) is 10.8 Å². The maximum atomic E-state index is 9.33. The zero-order chi connectivity index (χ0) is 15.6. The number of hydrogen-bond acceptors (Lipinski definition) is 2. The summed E-state index contributed by atoms with van der Waals surface area (Å²) in [6, 6.07) is 6.48. The molecule has 0 saturated heterocycles. The third kappa shape index (κ3) is 4.82.